The molecule has 0 atom stereocenters. The highest BCUT2D eigenvalue weighted by atomic mass is 35.5. The molecule has 1 amide bonds. The molecule has 1 N–H and O–H groups in total. The Bertz CT molecular complexity index is 980. The first-order valence-corrected chi connectivity index (χ1v) is 9.85. The van der Waals surface area contributed by atoms with E-state index in [1.54, 1.807) is 25.1 Å². The number of likely N-dealkylation sites (N-methyl/N-ethyl adjacent to an activating group) is 1. The number of nitrogens with zero attached hydrogens (tertiary/aromatic N) is 1. The van der Waals surface area contributed by atoms with Crippen LogP contribution in [0, 0.1) is 12.7 Å². The summed E-state index contributed by atoms with van der Waals surface area (Å²) in [6, 6.07) is 9.16. The summed E-state index contributed by atoms with van der Waals surface area (Å²) in [6.45, 7) is 0.525. The van der Waals surface area contributed by atoms with E-state index in [4.69, 9.17) is 16.3 Å². The van der Waals surface area contributed by atoms with Crippen LogP contribution in [0.2, 0.25) is 5.02 Å². The number of rotatable bonds is 7. The van der Waals surface area contributed by atoms with Gasteiger partial charge in [-0.1, -0.05) is 17.7 Å². The van der Waals surface area contributed by atoms with E-state index in [-0.39, 0.29) is 4.90 Å². The first kappa shape index (κ1) is 21.8. The Morgan fingerprint density at radius 2 is 1.82 bits per heavy atom. The molecule has 0 spiro atoms. The Morgan fingerprint density at radius 3 is 2.46 bits per heavy atom. The molecule has 0 aliphatic rings. The van der Waals surface area contributed by atoms with Gasteiger partial charge in [0.1, 0.15) is 12.4 Å². The predicted octanol–water partition coefficient (Wildman–Crippen LogP) is 2.59. The highest BCUT2D eigenvalue weighted by molar-refractivity contribution is 7.89. The number of carbonyl (C=O) groups is 2. The zero-order chi connectivity index (χ0) is 20.9. The quantitative estimate of drug-likeness (QED) is 0.684. The standard InChI is InChI=1S/C18H18ClFN2O5S/c1-12-15(19)4-3-5-16(12)21-17(23)11-27-18(24)10-22(2)28(25,26)14-8-6-13(20)7-9-14/h3-9H,10-11H2,1-2H3,(H,21,23). The molecule has 28 heavy (non-hydrogen) atoms. The Kier molecular flexibility index (Phi) is 7.11. The first-order chi connectivity index (χ1) is 13.1. The molecule has 0 unspecified atom stereocenters. The summed E-state index contributed by atoms with van der Waals surface area (Å²) >= 11 is 5.96. The number of anilines is 1. The molecule has 0 fully saturated rings. The maximum atomic E-state index is 12.9. The fourth-order valence-electron chi connectivity index (χ4n) is 2.17. The van der Waals surface area contributed by atoms with E-state index in [0.717, 1.165) is 28.6 Å². The predicted molar refractivity (Wildman–Crippen MR) is 102 cm³/mol. The Balaban J connectivity index is 1.90. The Morgan fingerprint density at radius 1 is 1.18 bits per heavy atom. The number of hydrogen-bond acceptors (Lipinski definition) is 5. The van der Waals surface area contributed by atoms with E-state index in [1.807, 2.05) is 0 Å². The molecule has 0 bridgehead atoms. The van der Waals surface area contributed by atoms with Crippen LogP contribution in [0.15, 0.2) is 47.4 Å². The lowest BCUT2D eigenvalue weighted by Crippen LogP contribution is -2.34. The molecule has 0 aliphatic carbocycles. The number of nitrogens with one attached hydrogen (secondary N) is 1. The Labute approximate surface area is 167 Å². The van der Waals surface area contributed by atoms with Crippen molar-refractivity contribution < 1.29 is 27.1 Å². The monoisotopic (exact) mass is 428 g/mol. The molecule has 0 aromatic heterocycles. The summed E-state index contributed by atoms with van der Waals surface area (Å²) in [4.78, 5) is 23.6. The minimum atomic E-state index is -4.00. The molecule has 7 nitrogen and oxygen atoms in total. The third kappa shape index (κ3) is 5.51. The summed E-state index contributed by atoms with van der Waals surface area (Å²) < 4.78 is 43.2. The van der Waals surface area contributed by atoms with Crippen molar-refractivity contribution in [1.29, 1.82) is 0 Å². The molecular formula is C18H18ClFN2O5S. The fraction of sp³-hybridized carbons (Fsp3) is 0.222. The van der Waals surface area contributed by atoms with Crippen molar-refractivity contribution >= 4 is 39.2 Å². The SMILES string of the molecule is Cc1c(Cl)cccc1NC(=O)COC(=O)CN(C)S(=O)(=O)c1ccc(F)cc1. The molecule has 10 heteroatoms. The third-order valence-corrected chi connectivity index (χ3v) is 6.01. The molecule has 0 saturated carbocycles. The number of ether oxygens (including phenoxy) is 1. The summed E-state index contributed by atoms with van der Waals surface area (Å²) in [6.07, 6.45) is 0. The van der Waals surface area contributed by atoms with E-state index in [0.29, 0.717) is 16.3 Å². The number of benzene rings is 2. The molecule has 2 aromatic carbocycles. The van der Waals surface area contributed by atoms with Gasteiger partial charge < -0.3 is 10.1 Å². The number of carbonyl (C=O) groups excluding carboxylic acids is 2. The van der Waals surface area contributed by atoms with Crippen LogP contribution in [-0.2, 0) is 24.3 Å². The fourth-order valence-corrected chi connectivity index (χ4v) is 3.46. The van der Waals surface area contributed by atoms with Crippen LogP contribution in [0.5, 0.6) is 0 Å². The maximum absolute atomic E-state index is 12.9. The zero-order valence-corrected chi connectivity index (χ0v) is 16.7. The molecule has 0 radical (unpaired) electrons. The van der Waals surface area contributed by atoms with E-state index in [9.17, 15) is 22.4 Å². The van der Waals surface area contributed by atoms with Crippen molar-refractivity contribution in [2.75, 3.05) is 25.5 Å². The summed E-state index contributed by atoms with van der Waals surface area (Å²) in [5, 5.41) is 3.03. The average Bonchev–Trinajstić information content (AvgIpc) is 2.64. The van der Waals surface area contributed by atoms with Crippen LogP contribution in [0.1, 0.15) is 5.56 Å². The second-order valence-corrected chi connectivity index (χ2v) is 8.29. The van der Waals surface area contributed by atoms with Crippen LogP contribution in [0.4, 0.5) is 10.1 Å². The average molecular weight is 429 g/mol. The van der Waals surface area contributed by atoms with Gasteiger partial charge in [0.05, 0.1) is 4.90 Å². The summed E-state index contributed by atoms with van der Waals surface area (Å²) in [5.74, 6) is -2.09. The zero-order valence-electron chi connectivity index (χ0n) is 15.1. The van der Waals surface area contributed by atoms with Crippen molar-refractivity contribution in [3.05, 3.63) is 58.9 Å². The molecule has 0 saturated heterocycles. The van der Waals surface area contributed by atoms with Crippen LogP contribution in [-0.4, -0.2) is 44.8 Å². The normalized spacial score (nSPS) is 11.3. The second kappa shape index (κ2) is 9.13. The molecule has 2 rings (SSSR count). The van der Waals surface area contributed by atoms with Gasteiger partial charge in [0, 0.05) is 17.8 Å². The number of esters is 1. The second-order valence-electron chi connectivity index (χ2n) is 5.84. The van der Waals surface area contributed by atoms with Crippen LogP contribution in [0.3, 0.4) is 0 Å². The first-order valence-electron chi connectivity index (χ1n) is 8.03. The number of hydrogen-bond donors (Lipinski definition) is 1. The van der Waals surface area contributed by atoms with Gasteiger partial charge in [-0.3, -0.25) is 9.59 Å². The van der Waals surface area contributed by atoms with E-state index in [1.165, 1.54) is 7.05 Å². The van der Waals surface area contributed by atoms with Gasteiger partial charge in [0.2, 0.25) is 10.0 Å². The largest absolute Gasteiger partial charge is 0.455 e. The van der Waals surface area contributed by atoms with Gasteiger partial charge in [0.25, 0.3) is 5.91 Å². The lowest BCUT2D eigenvalue weighted by Gasteiger charge is -2.16. The molecular weight excluding hydrogens is 411 g/mol. The lowest BCUT2D eigenvalue weighted by atomic mass is 10.2. The Hall–Kier alpha value is -2.49. The van der Waals surface area contributed by atoms with E-state index in [2.05, 4.69) is 5.32 Å². The smallest absolute Gasteiger partial charge is 0.321 e. The summed E-state index contributed by atoms with van der Waals surface area (Å²) in [5.41, 5.74) is 1.14. The van der Waals surface area contributed by atoms with Gasteiger partial charge in [-0.2, -0.15) is 4.31 Å². The van der Waals surface area contributed by atoms with E-state index >= 15 is 0 Å². The highest BCUT2D eigenvalue weighted by Gasteiger charge is 2.24. The lowest BCUT2D eigenvalue weighted by molar-refractivity contribution is -0.147. The van der Waals surface area contributed by atoms with Crippen LogP contribution >= 0.6 is 11.6 Å². The van der Waals surface area contributed by atoms with Gasteiger partial charge in [-0.05, 0) is 48.9 Å². The van der Waals surface area contributed by atoms with Crippen molar-refractivity contribution in [3.63, 3.8) is 0 Å². The van der Waals surface area contributed by atoms with E-state index < -0.39 is 40.9 Å². The minimum absolute atomic E-state index is 0.168. The number of halogens is 2. The van der Waals surface area contributed by atoms with Gasteiger partial charge in [-0.15, -0.1) is 0 Å². The topological polar surface area (TPSA) is 92.8 Å². The van der Waals surface area contributed by atoms with Gasteiger partial charge in [0.15, 0.2) is 6.61 Å². The molecule has 0 heterocycles. The van der Waals surface area contributed by atoms with Crippen LogP contribution < -0.4 is 5.32 Å². The van der Waals surface area contributed by atoms with Crippen molar-refractivity contribution in [1.82, 2.24) is 4.31 Å². The van der Waals surface area contributed by atoms with Crippen molar-refractivity contribution in [2.24, 2.45) is 0 Å². The number of sulfonamides is 1. The molecule has 150 valence electrons. The molecule has 0 aliphatic heterocycles. The van der Waals surface area contributed by atoms with Crippen LogP contribution in [0.25, 0.3) is 0 Å². The maximum Gasteiger partial charge on any atom is 0.321 e. The van der Waals surface area contributed by atoms with Crippen molar-refractivity contribution in [2.45, 2.75) is 11.8 Å². The van der Waals surface area contributed by atoms with Gasteiger partial charge in [-0.25, -0.2) is 12.8 Å². The molecule has 2 aromatic rings. The summed E-state index contributed by atoms with van der Waals surface area (Å²) in [7, 11) is -2.82. The highest BCUT2D eigenvalue weighted by Crippen LogP contribution is 2.22. The third-order valence-electron chi connectivity index (χ3n) is 3.78. The number of amides is 1. The minimum Gasteiger partial charge on any atom is -0.455 e. The van der Waals surface area contributed by atoms with Gasteiger partial charge >= 0.3 is 5.97 Å². The van der Waals surface area contributed by atoms with Crippen molar-refractivity contribution in [3.8, 4) is 0 Å².